The lowest BCUT2D eigenvalue weighted by molar-refractivity contribution is -0.385. The molecule has 0 aliphatic rings. The highest BCUT2D eigenvalue weighted by atomic mass is 32.2. The predicted molar refractivity (Wildman–Crippen MR) is 106 cm³/mol. The Labute approximate surface area is 166 Å². The number of nitrogens with one attached hydrogen (secondary N) is 1. The van der Waals surface area contributed by atoms with E-state index in [-0.39, 0.29) is 22.6 Å². The van der Waals surface area contributed by atoms with Crippen LogP contribution in [-0.4, -0.2) is 25.6 Å². The van der Waals surface area contributed by atoms with Crippen LogP contribution in [0, 0.1) is 10.1 Å². The molecular weight excluding hydrogens is 378 g/mol. The number of nitrogens with zero attached hydrogens (tertiary/aromatic N) is 4. The Balaban J connectivity index is 1.68. The molecule has 0 fully saturated rings. The van der Waals surface area contributed by atoms with Gasteiger partial charge in [-0.15, -0.1) is 10.2 Å². The highest BCUT2D eigenvalue weighted by Gasteiger charge is 2.19. The van der Waals surface area contributed by atoms with Crippen LogP contribution in [0.5, 0.6) is 0 Å². The fourth-order valence-electron chi connectivity index (χ4n) is 2.72. The van der Waals surface area contributed by atoms with Crippen LogP contribution in [-0.2, 0) is 12.8 Å². The third-order valence-electron chi connectivity index (χ3n) is 4.18. The largest absolute Gasteiger partial charge is 0.342 e. The van der Waals surface area contributed by atoms with Gasteiger partial charge in [0, 0.05) is 30.0 Å². The number of carbonyl (C=O) groups excluding carboxylic acids is 1. The van der Waals surface area contributed by atoms with Gasteiger partial charge in [0.25, 0.3) is 11.6 Å². The average Bonchev–Trinajstić information content (AvgIpc) is 3.07. The SMILES string of the molecule is C[C@@H](NC(=O)c1ccccc1)c1nnc(SCc2ccccc2[N+](=O)[O-])n1C. The summed E-state index contributed by atoms with van der Waals surface area (Å²) in [5.74, 6) is 0.813. The summed E-state index contributed by atoms with van der Waals surface area (Å²) in [5.41, 5.74) is 1.27. The molecule has 0 unspecified atom stereocenters. The third-order valence-corrected chi connectivity index (χ3v) is 5.25. The topological polar surface area (TPSA) is 103 Å². The summed E-state index contributed by atoms with van der Waals surface area (Å²) in [5, 5.41) is 23.0. The number of aromatic nitrogens is 3. The number of nitro groups is 1. The number of nitro benzene ring substituents is 1. The lowest BCUT2D eigenvalue weighted by Gasteiger charge is -2.13. The van der Waals surface area contributed by atoms with Crippen molar-refractivity contribution in [2.24, 2.45) is 7.05 Å². The summed E-state index contributed by atoms with van der Waals surface area (Å²) >= 11 is 1.36. The molecule has 28 heavy (non-hydrogen) atoms. The van der Waals surface area contributed by atoms with E-state index >= 15 is 0 Å². The molecule has 0 saturated carbocycles. The van der Waals surface area contributed by atoms with Crippen LogP contribution in [0.3, 0.4) is 0 Å². The Bertz CT molecular complexity index is 990. The molecule has 3 rings (SSSR count). The van der Waals surface area contributed by atoms with Gasteiger partial charge in [-0.2, -0.15) is 0 Å². The molecule has 1 amide bonds. The first-order valence-electron chi connectivity index (χ1n) is 8.57. The summed E-state index contributed by atoms with van der Waals surface area (Å²) in [6.07, 6.45) is 0. The van der Waals surface area contributed by atoms with Crippen molar-refractivity contribution in [3.63, 3.8) is 0 Å². The minimum absolute atomic E-state index is 0.0842. The Morgan fingerprint density at radius 2 is 1.86 bits per heavy atom. The van der Waals surface area contributed by atoms with E-state index in [4.69, 9.17) is 0 Å². The van der Waals surface area contributed by atoms with Gasteiger partial charge in [0.15, 0.2) is 11.0 Å². The number of carbonyl (C=O) groups is 1. The molecule has 3 aromatic rings. The molecule has 0 spiro atoms. The second-order valence-corrected chi connectivity index (χ2v) is 7.08. The standard InChI is InChI=1S/C19H19N5O3S/c1-13(20-18(25)14-8-4-3-5-9-14)17-21-22-19(23(17)2)28-12-15-10-6-7-11-16(15)24(26)27/h3-11,13H,12H2,1-2H3,(H,20,25)/t13-/m1/s1. The zero-order valence-electron chi connectivity index (χ0n) is 15.4. The summed E-state index contributed by atoms with van der Waals surface area (Å²) in [6, 6.07) is 15.2. The van der Waals surface area contributed by atoms with Crippen LogP contribution in [0.4, 0.5) is 5.69 Å². The van der Waals surface area contributed by atoms with Crippen molar-refractivity contribution in [2.45, 2.75) is 23.9 Å². The van der Waals surface area contributed by atoms with Gasteiger partial charge in [-0.3, -0.25) is 14.9 Å². The normalized spacial score (nSPS) is 11.8. The zero-order chi connectivity index (χ0) is 20.1. The molecule has 8 nitrogen and oxygen atoms in total. The van der Waals surface area contributed by atoms with Crippen molar-refractivity contribution in [1.29, 1.82) is 0 Å². The molecule has 0 saturated heterocycles. The summed E-state index contributed by atoms with van der Waals surface area (Å²) in [6.45, 7) is 1.83. The minimum atomic E-state index is -0.390. The van der Waals surface area contributed by atoms with Gasteiger partial charge < -0.3 is 9.88 Å². The van der Waals surface area contributed by atoms with Crippen LogP contribution >= 0.6 is 11.8 Å². The second-order valence-electron chi connectivity index (χ2n) is 6.14. The number of rotatable bonds is 7. The van der Waals surface area contributed by atoms with E-state index in [1.165, 1.54) is 17.8 Å². The van der Waals surface area contributed by atoms with Crippen molar-refractivity contribution >= 4 is 23.4 Å². The lowest BCUT2D eigenvalue weighted by Crippen LogP contribution is -2.28. The van der Waals surface area contributed by atoms with Crippen molar-refractivity contribution < 1.29 is 9.72 Å². The first-order valence-corrected chi connectivity index (χ1v) is 9.56. The summed E-state index contributed by atoms with van der Waals surface area (Å²) in [7, 11) is 1.81. The molecule has 0 aliphatic heterocycles. The highest BCUT2D eigenvalue weighted by Crippen LogP contribution is 2.27. The number of benzene rings is 2. The average molecular weight is 397 g/mol. The van der Waals surface area contributed by atoms with Crippen molar-refractivity contribution in [2.75, 3.05) is 0 Å². The van der Waals surface area contributed by atoms with Crippen molar-refractivity contribution in [1.82, 2.24) is 20.1 Å². The maximum atomic E-state index is 12.3. The fourth-order valence-corrected chi connectivity index (χ4v) is 3.63. The Hall–Kier alpha value is -3.20. The van der Waals surface area contributed by atoms with Crippen molar-refractivity contribution in [3.05, 3.63) is 81.7 Å². The monoisotopic (exact) mass is 397 g/mol. The van der Waals surface area contributed by atoms with E-state index in [1.54, 1.807) is 47.0 Å². The molecule has 0 bridgehead atoms. The first kappa shape index (κ1) is 19.6. The van der Waals surface area contributed by atoms with Gasteiger partial charge in [-0.25, -0.2) is 0 Å². The zero-order valence-corrected chi connectivity index (χ0v) is 16.2. The van der Waals surface area contributed by atoms with Gasteiger partial charge >= 0.3 is 0 Å². The lowest BCUT2D eigenvalue weighted by atomic mass is 10.2. The van der Waals surface area contributed by atoms with Crippen LogP contribution in [0.1, 0.15) is 34.7 Å². The molecule has 2 aromatic carbocycles. The van der Waals surface area contributed by atoms with Gasteiger partial charge in [0.05, 0.1) is 11.0 Å². The molecule has 1 aromatic heterocycles. The van der Waals surface area contributed by atoms with E-state index in [0.717, 1.165) is 0 Å². The Morgan fingerprint density at radius 1 is 1.18 bits per heavy atom. The maximum absolute atomic E-state index is 12.3. The second kappa shape index (κ2) is 8.66. The molecule has 144 valence electrons. The molecule has 9 heteroatoms. The summed E-state index contributed by atoms with van der Waals surface area (Å²) < 4.78 is 1.79. The highest BCUT2D eigenvalue weighted by molar-refractivity contribution is 7.98. The van der Waals surface area contributed by atoms with E-state index in [1.807, 2.05) is 20.0 Å². The van der Waals surface area contributed by atoms with Crippen LogP contribution in [0.25, 0.3) is 0 Å². The van der Waals surface area contributed by atoms with Gasteiger partial charge in [0.1, 0.15) is 0 Å². The van der Waals surface area contributed by atoms with Crippen LogP contribution in [0.2, 0.25) is 0 Å². The molecule has 1 heterocycles. The number of amides is 1. The third kappa shape index (κ3) is 4.37. The minimum Gasteiger partial charge on any atom is -0.342 e. The van der Waals surface area contributed by atoms with E-state index in [9.17, 15) is 14.9 Å². The Kier molecular flexibility index (Phi) is 6.05. The number of hydrogen-bond acceptors (Lipinski definition) is 6. The van der Waals surface area contributed by atoms with Crippen LogP contribution < -0.4 is 5.32 Å². The Morgan fingerprint density at radius 3 is 2.57 bits per heavy atom. The maximum Gasteiger partial charge on any atom is 0.273 e. The van der Waals surface area contributed by atoms with E-state index in [2.05, 4.69) is 15.5 Å². The quantitative estimate of drug-likeness (QED) is 0.372. The summed E-state index contributed by atoms with van der Waals surface area (Å²) in [4.78, 5) is 23.1. The molecule has 0 radical (unpaired) electrons. The van der Waals surface area contributed by atoms with E-state index in [0.29, 0.717) is 27.9 Å². The van der Waals surface area contributed by atoms with Gasteiger partial charge in [-0.1, -0.05) is 48.2 Å². The number of para-hydroxylation sites is 1. The van der Waals surface area contributed by atoms with Gasteiger partial charge in [-0.05, 0) is 19.1 Å². The first-order chi connectivity index (χ1) is 13.5. The fraction of sp³-hybridized carbons (Fsp3) is 0.211. The van der Waals surface area contributed by atoms with E-state index < -0.39 is 0 Å². The van der Waals surface area contributed by atoms with Gasteiger partial charge in [0.2, 0.25) is 0 Å². The predicted octanol–water partition coefficient (Wildman–Crippen LogP) is 3.51. The van der Waals surface area contributed by atoms with Crippen LogP contribution in [0.15, 0.2) is 59.8 Å². The number of thioether (sulfide) groups is 1. The van der Waals surface area contributed by atoms with Crippen molar-refractivity contribution in [3.8, 4) is 0 Å². The smallest absolute Gasteiger partial charge is 0.273 e. The molecule has 0 aliphatic carbocycles. The molecular formula is C19H19N5O3S. The molecule has 1 N–H and O–H groups in total. The number of hydrogen-bond donors (Lipinski definition) is 1. The molecule has 1 atom stereocenters.